The van der Waals surface area contributed by atoms with Crippen molar-refractivity contribution in [2.75, 3.05) is 0 Å². The average Bonchev–Trinajstić information content (AvgIpc) is 2.47. The maximum absolute atomic E-state index is 3.83. The Balaban J connectivity index is -0.000000231. The highest BCUT2D eigenvalue weighted by Crippen LogP contribution is 2.19. The zero-order chi connectivity index (χ0) is 17.5. The van der Waals surface area contributed by atoms with E-state index in [4.69, 9.17) is 0 Å². The minimum atomic E-state index is 0.347. The standard InChI is InChI=1S/3C7H14/c1-5-7(3,4)6-2;1-5-7(4)6(2)3;1-4-6-7(3)5-2/h5H,1,6H2,2-4H3;7H,2,5H2,1,3-4H3;6H,4-5H2,1-3H3/b;;7-6+. The molecule has 0 heteroatoms. The molecule has 0 nitrogen and oxygen atoms in total. The molecule has 0 aromatic carbocycles. The van der Waals surface area contributed by atoms with Crippen LogP contribution in [0.3, 0.4) is 0 Å². The second-order valence-corrected chi connectivity index (χ2v) is 6.51. The van der Waals surface area contributed by atoms with E-state index >= 15 is 0 Å². The first-order chi connectivity index (χ1) is 9.61. The predicted molar refractivity (Wildman–Crippen MR) is 103 cm³/mol. The zero-order valence-corrected chi connectivity index (χ0v) is 16.5. The Morgan fingerprint density at radius 3 is 1.62 bits per heavy atom. The highest BCUT2D eigenvalue weighted by Gasteiger charge is 2.06. The van der Waals surface area contributed by atoms with Gasteiger partial charge in [-0.15, -0.1) is 6.58 Å². The van der Waals surface area contributed by atoms with E-state index in [1.807, 2.05) is 6.08 Å². The van der Waals surface area contributed by atoms with Gasteiger partial charge in [-0.3, -0.25) is 0 Å². The fourth-order valence-electron chi connectivity index (χ4n) is 0.986. The van der Waals surface area contributed by atoms with Gasteiger partial charge in [0.2, 0.25) is 0 Å². The summed E-state index contributed by atoms with van der Waals surface area (Å²) in [5, 5.41) is 0. The first-order valence-electron chi connectivity index (χ1n) is 8.56. The van der Waals surface area contributed by atoms with Gasteiger partial charge in [-0.05, 0) is 50.9 Å². The van der Waals surface area contributed by atoms with Gasteiger partial charge < -0.3 is 0 Å². The molecule has 21 heavy (non-hydrogen) atoms. The highest BCUT2D eigenvalue weighted by atomic mass is 14.1. The van der Waals surface area contributed by atoms with Crippen LogP contribution in [0.25, 0.3) is 0 Å². The van der Waals surface area contributed by atoms with Gasteiger partial charge in [0, 0.05) is 0 Å². The predicted octanol–water partition coefficient (Wildman–Crippen LogP) is 7.97. The van der Waals surface area contributed by atoms with Crippen LogP contribution in [0.1, 0.15) is 88.0 Å². The van der Waals surface area contributed by atoms with Crippen molar-refractivity contribution in [1.82, 2.24) is 0 Å². The summed E-state index contributed by atoms with van der Waals surface area (Å²) in [6.07, 6.45) is 9.03. The lowest BCUT2D eigenvalue weighted by molar-refractivity contribution is 0.463. The molecule has 0 aliphatic carbocycles. The monoisotopic (exact) mass is 294 g/mol. The van der Waals surface area contributed by atoms with E-state index in [0.29, 0.717) is 11.3 Å². The molecule has 1 atom stereocenters. The third kappa shape index (κ3) is 21.7. The Labute approximate surface area is 136 Å². The number of hydrogen-bond acceptors (Lipinski definition) is 0. The van der Waals surface area contributed by atoms with Gasteiger partial charge in [0.05, 0.1) is 0 Å². The molecule has 0 aromatic heterocycles. The molecule has 0 radical (unpaired) electrons. The maximum Gasteiger partial charge on any atom is -0.0180 e. The van der Waals surface area contributed by atoms with Crippen molar-refractivity contribution in [2.24, 2.45) is 11.3 Å². The van der Waals surface area contributed by atoms with E-state index in [-0.39, 0.29) is 0 Å². The van der Waals surface area contributed by atoms with Crippen LogP contribution in [0.5, 0.6) is 0 Å². The van der Waals surface area contributed by atoms with E-state index in [9.17, 15) is 0 Å². The van der Waals surface area contributed by atoms with Crippen LogP contribution in [0.15, 0.2) is 36.5 Å². The van der Waals surface area contributed by atoms with Crippen molar-refractivity contribution in [3.8, 4) is 0 Å². The topological polar surface area (TPSA) is 0 Å². The number of hydrogen-bond donors (Lipinski definition) is 0. The molecule has 0 heterocycles. The lowest BCUT2D eigenvalue weighted by Gasteiger charge is -2.14. The lowest BCUT2D eigenvalue weighted by atomic mass is 9.91. The normalized spacial score (nSPS) is 12.3. The molecule has 0 spiro atoms. The van der Waals surface area contributed by atoms with Gasteiger partial charge in [-0.25, -0.2) is 0 Å². The molecule has 0 N–H and O–H groups in total. The number of allylic oxidation sites excluding steroid dienone is 4. The van der Waals surface area contributed by atoms with Gasteiger partial charge in [0.25, 0.3) is 0 Å². The zero-order valence-electron chi connectivity index (χ0n) is 16.5. The first kappa shape index (κ1) is 25.2. The third-order valence-corrected chi connectivity index (χ3v) is 4.03. The van der Waals surface area contributed by atoms with Gasteiger partial charge in [0.1, 0.15) is 0 Å². The molecule has 0 aliphatic rings. The minimum absolute atomic E-state index is 0.347. The van der Waals surface area contributed by atoms with E-state index in [1.165, 1.54) is 36.8 Å². The van der Waals surface area contributed by atoms with E-state index < -0.39 is 0 Å². The molecule has 0 fully saturated rings. The van der Waals surface area contributed by atoms with Crippen LogP contribution in [0.2, 0.25) is 0 Å². The molecule has 0 aromatic rings. The summed E-state index contributed by atoms with van der Waals surface area (Å²) >= 11 is 0. The molecule has 0 saturated heterocycles. The summed E-state index contributed by atoms with van der Waals surface area (Å²) in [6, 6.07) is 0. The van der Waals surface area contributed by atoms with E-state index in [0.717, 1.165) is 0 Å². The van der Waals surface area contributed by atoms with Crippen molar-refractivity contribution >= 4 is 0 Å². The smallest absolute Gasteiger partial charge is 0.0180 e. The third-order valence-electron chi connectivity index (χ3n) is 4.03. The molecule has 0 amide bonds. The summed E-state index contributed by atoms with van der Waals surface area (Å²) in [7, 11) is 0. The largest absolute Gasteiger partial charge is 0.103 e. The summed E-state index contributed by atoms with van der Waals surface area (Å²) < 4.78 is 0. The molecule has 0 aliphatic heterocycles. The van der Waals surface area contributed by atoms with Crippen molar-refractivity contribution in [3.63, 3.8) is 0 Å². The fourth-order valence-corrected chi connectivity index (χ4v) is 0.986. The van der Waals surface area contributed by atoms with Gasteiger partial charge >= 0.3 is 0 Å². The highest BCUT2D eigenvalue weighted by molar-refractivity contribution is 4.95. The lowest BCUT2D eigenvalue weighted by Crippen LogP contribution is -2.02. The maximum atomic E-state index is 3.83. The van der Waals surface area contributed by atoms with Crippen LogP contribution < -0.4 is 0 Å². The Hall–Kier alpha value is -0.780. The van der Waals surface area contributed by atoms with E-state index in [2.05, 4.69) is 81.5 Å². The van der Waals surface area contributed by atoms with Crippen molar-refractivity contribution in [2.45, 2.75) is 88.0 Å². The van der Waals surface area contributed by atoms with Crippen LogP contribution in [0, 0.1) is 11.3 Å². The Kier molecular flexibility index (Phi) is 18.7. The van der Waals surface area contributed by atoms with Crippen LogP contribution in [-0.4, -0.2) is 0 Å². The number of rotatable bonds is 6. The molecule has 0 rings (SSSR count). The van der Waals surface area contributed by atoms with Crippen LogP contribution in [0.4, 0.5) is 0 Å². The minimum Gasteiger partial charge on any atom is -0.103 e. The first-order valence-corrected chi connectivity index (χ1v) is 8.56. The van der Waals surface area contributed by atoms with E-state index in [1.54, 1.807) is 0 Å². The second kappa shape index (κ2) is 15.6. The summed E-state index contributed by atoms with van der Waals surface area (Å²) in [4.78, 5) is 0. The van der Waals surface area contributed by atoms with Gasteiger partial charge in [-0.1, -0.05) is 78.3 Å². The van der Waals surface area contributed by atoms with Crippen molar-refractivity contribution < 1.29 is 0 Å². The molecule has 0 bridgehead atoms. The van der Waals surface area contributed by atoms with Crippen LogP contribution >= 0.6 is 0 Å². The second-order valence-electron chi connectivity index (χ2n) is 6.51. The molecule has 0 saturated carbocycles. The molecular weight excluding hydrogens is 252 g/mol. The van der Waals surface area contributed by atoms with Crippen LogP contribution in [-0.2, 0) is 0 Å². The summed E-state index contributed by atoms with van der Waals surface area (Å²) in [6.45, 7) is 27.0. The Morgan fingerprint density at radius 1 is 1.10 bits per heavy atom. The van der Waals surface area contributed by atoms with Gasteiger partial charge in [0.15, 0.2) is 0 Å². The SMILES string of the molecule is C=C(C)C(C)CC.C=CC(C)(C)CC.CC/C=C(\C)CC. The molecular formula is C21H42. The van der Waals surface area contributed by atoms with Gasteiger partial charge in [-0.2, -0.15) is 0 Å². The summed E-state index contributed by atoms with van der Waals surface area (Å²) in [5.41, 5.74) is 3.14. The Morgan fingerprint density at radius 2 is 1.57 bits per heavy atom. The molecule has 126 valence electrons. The Bertz CT molecular complexity index is 278. The average molecular weight is 295 g/mol. The van der Waals surface area contributed by atoms with Crippen molar-refractivity contribution in [3.05, 3.63) is 36.5 Å². The molecule has 1 unspecified atom stereocenters. The summed E-state index contributed by atoms with van der Waals surface area (Å²) in [5.74, 6) is 0.708. The quantitative estimate of drug-likeness (QED) is 0.436. The van der Waals surface area contributed by atoms with Crippen molar-refractivity contribution in [1.29, 1.82) is 0 Å². The fraction of sp³-hybridized carbons (Fsp3) is 0.714.